The minimum Gasteiger partial charge on any atom is -0.348 e. The number of hydrogen-bond donors (Lipinski definition) is 2. The number of alkyl halides is 3. The van der Waals surface area contributed by atoms with E-state index in [4.69, 9.17) is 0 Å². The Kier molecular flexibility index (Phi) is 5.63. The molecule has 2 aromatic rings. The summed E-state index contributed by atoms with van der Waals surface area (Å²) in [7, 11) is 0. The first-order valence-corrected chi connectivity index (χ1v) is 9.39. The van der Waals surface area contributed by atoms with Gasteiger partial charge in [-0.05, 0) is 67.0 Å². The smallest absolute Gasteiger partial charge is 0.348 e. The van der Waals surface area contributed by atoms with Gasteiger partial charge in [-0.1, -0.05) is 19.4 Å². The molecule has 1 amide bonds. The highest BCUT2D eigenvalue weighted by molar-refractivity contribution is 5.94. The monoisotopic (exact) mass is 392 g/mol. The molecule has 0 saturated carbocycles. The number of nitrogens with one attached hydrogen (secondary N) is 2. The van der Waals surface area contributed by atoms with Gasteiger partial charge in [-0.15, -0.1) is 0 Å². The first kappa shape index (κ1) is 20.2. The van der Waals surface area contributed by atoms with Crippen LogP contribution in [0.5, 0.6) is 0 Å². The van der Waals surface area contributed by atoms with E-state index in [1.807, 2.05) is 0 Å². The number of pyridine rings is 1. The van der Waals surface area contributed by atoms with Gasteiger partial charge in [0.05, 0.1) is 5.56 Å². The quantitative estimate of drug-likeness (QED) is 0.821. The maximum atomic E-state index is 12.8. The van der Waals surface area contributed by atoms with Gasteiger partial charge in [-0.25, -0.2) is 0 Å². The van der Waals surface area contributed by atoms with Crippen LogP contribution in [0.4, 0.5) is 13.2 Å². The topological polar surface area (TPSA) is 62.0 Å². The van der Waals surface area contributed by atoms with Crippen LogP contribution < -0.4 is 10.9 Å². The number of fused-ring (bicyclic) bond motifs is 1. The van der Waals surface area contributed by atoms with Gasteiger partial charge in [0.2, 0.25) is 0 Å². The summed E-state index contributed by atoms with van der Waals surface area (Å²) in [6.45, 7) is 3.74. The van der Waals surface area contributed by atoms with Crippen molar-refractivity contribution in [2.45, 2.75) is 52.3 Å². The van der Waals surface area contributed by atoms with Crippen LogP contribution in [0, 0.1) is 12.8 Å². The Hall–Kier alpha value is -2.57. The van der Waals surface area contributed by atoms with Crippen molar-refractivity contribution >= 4 is 5.91 Å². The molecular formula is C21H23F3N2O2. The SMILES string of the molecule is CCC1CCc2[nH]c(=O)c(C(=O)NCc3ccc(C(F)(F)F)cc3C)cc2C1. The summed E-state index contributed by atoms with van der Waals surface area (Å²) < 4.78 is 38.3. The Bertz CT molecular complexity index is 948. The summed E-state index contributed by atoms with van der Waals surface area (Å²) in [5.74, 6) is 0.0195. The van der Waals surface area contributed by atoms with Crippen LogP contribution in [0.3, 0.4) is 0 Å². The fourth-order valence-corrected chi connectivity index (χ4v) is 3.64. The van der Waals surface area contributed by atoms with Crippen LogP contribution in [-0.2, 0) is 25.6 Å². The van der Waals surface area contributed by atoms with Gasteiger partial charge in [0.15, 0.2) is 0 Å². The lowest BCUT2D eigenvalue weighted by Crippen LogP contribution is -2.31. The van der Waals surface area contributed by atoms with Crippen molar-refractivity contribution < 1.29 is 18.0 Å². The minimum atomic E-state index is -4.40. The van der Waals surface area contributed by atoms with E-state index >= 15 is 0 Å². The van der Waals surface area contributed by atoms with Crippen molar-refractivity contribution in [3.05, 3.63) is 68.1 Å². The Balaban J connectivity index is 1.75. The van der Waals surface area contributed by atoms with Gasteiger partial charge in [0.1, 0.15) is 5.56 Å². The fraction of sp³-hybridized carbons (Fsp3) is 0.429. The molecule has 3 rings (SSSR count). The number of carbonyl (C=O) groups excluding carboxylic acids is 1. The predicted octanol–water partition coefficient (Wildman–Crippen LogP) is 4.15. The molecule has 0 spiro atoms. The highest BCUT2D eigenvalue weighted by atomic mass is 19.4. The lowest BCUT2D eigenvalue weighted by molar-refractivity contribution is -0.137. The van der Waals surface area contributed by atoms with Crippen LogP contribution >= 0.6 is 0 Å². The Labute approximate surface area is 161 Å². The van der Waals surface area contributed by atoms with E-state index in [1.54, 1.807) is 13.0 Å². The Morgan fingerprint density at radius 2 is 2.04 bits per heavy atom. The van der Waals surface area contributed by atoms with E-state index in [1.165, 1.54) is 6.07 Å². The number of aromatic nitrogens is 1. The van der Waals surface area contributed by atoms with Gasteiger partial charge in [0.25, 0.3) is 11.5 Å². The lowest BCUT2D eigenvalue weighted by Gasteiger charge is -2.23. The number of hydrogen-bond acceptors (Lipinski definition) is 2. The van der Waals surface area contributed by atoms with Crippen LogP contribution in [0.2, 0.25) is 0 Å². The van der Waals surface area contributed by atoms with E-state index in [9.17, 15) is 22.8 Å². The third-order valence-electron chi connectivity index (χ3n) is 5.46. The molecule has 7 heteroatoms. The van der Waals surface area contributed by atoms with E-state index in [2.05, 4.69) is 17.2 Å². The molecular weight excluding hydrogens is 369 g/mol. The van der Waals surface area contributed by atoms with E-state index in [0.29, 0.717) is 17.0 Å². The molecule has 0 radical (unpaired) electrons. The first-order valence-electron chi connectivity index (χ1n) is 9.39. The Morgan fingerprint density at radius 3 is 2.68 bits per heavy atom. The van der Waals surface area contributed by atoms with Gasteiger partial charge in [-0.2, -0.15) is 13.2 Å². The number of rotatable bonds is 4. The van der Waals surface area contributed by atoms with Crippen molar-refractivity contribution in [3.8, 4) is 0 Å². The van der Waals surface area contributed by atoms with Crippen molar-refractivity contribution in [2.75, 3.05) is 0 Å². The summed E-state index contributed by atoms with van der Waals surface area (Å²) >= 11 is 0. The molecule has 1 heterocycles. The zero-order chi connectivity index (χ0) is 20.5. The van der Waals surface area contributed by atoms with Gasteiger partial charge in [-0.3, -0.25) is 9.59 Å². The number of carbonyl (C=O) groups is 1. The second-order valence-electron chi connectivity index (χ2n) is 7.35. The molecule has 1 aliphatic rings. The van der Waals surface area contributed by atoms with Crippen molar-refractivity contribution in [1.82, 2.24) is 10.3 Å². The number of aromatic amines is 1. The van der Waals surface area contributed by atoms with Crippen LogP contribution in [0.25, 0.3) is 0 Å². The van der Waals surface area contributed by atoms with E-state index in [0.717, 1.165) is 49.1 Å². The second-order valence-corrected chi connectivity index (χ2v) is 7.35. The normalized spacial score (nSPS) is 16.5. The molecule has 0 fully saturated rings. The van der Waals surface area contributed by atoms with Gasteiger partial charge in [0, 0.05) is 12.2 Å². The molecule has 1 aliphatic carbocycles. The molecule has 28 heavy (non-hydrogen) atoms. The third kappa shape index (κ3) is 4.29. The fourth-order valence-electron chi connectivity index (χ4n) is 3.64. The Morgan fingerprint density at radius 1 is 1.29 bits per heavy atom. The number of benzene rings is 1. The maximum Gasteiger partial charge on any atom is 0.416 e. The summed E-state index contributed by atoms with van der Waals surface area (Å²) in [6.07, 6.45) is -0.693. The molecule has 1 unspecified atom stereocenters. The molecule has 1 aromatic carbocycles. The zero-order valence-electron chi connectivity index (χ0n) is 15.9. The molecule has 1 aromatic heterocycles. The summed E-state index contributed by atoms with van der Waals surface area (Å²) in [5, 5.41) is 2.65. The van der Waals surface area contributed by atoms with Crippen LogP contribution in [0.15, 0.2) is 29.1 Å². The molecule has 0 aliphatic heterocycles. The average Bonchev–Trinajstić information content (AvgIpc) is 2.65. The maximum absolute atomic E-state index is 12.8. The highest BCUT2D eigenvalue weighted by Gasteiger charge is 2.30. The molecule has 4 nitrogen and oxygen atoms in total. The van der Waals surface area contributed by atoms with E-state index in [-0.39, 0.29) is 12.1 Å². The predicted molar refractivity (Wildman–Crippen MR) is 100 cm³/mol. The molecule has 2 N–H and O–H groups in total. The minimum absolute atomic E-state index is 0.0417. The highest BCUT2D eigenvalue weighted by Crippen LogP contribution is 2.30. The van der Waals surface area contributed by atoms with Crippen LogP contribution in [-0.4, -0.2) is 10.9 Å². The van der Waals surface area contributed by atoms with Crippen molar-refractivity contribution in [1.29, 1.82) is 0 Å². The largest absolute Gasteiger partial charge is 0.416 e. The molecule has 150 valence electrons. The van der Waals surface area contributed by atoms with Crippen molar-refractivity contribution in [2.24, 2.45) is 5.92 Å². The number of aryl methyl sites for hydroxylation is 2. The summed E-state index contributed by atoms with van der Waals surface area (Å²) in [6, 6.07) is 5.05. The summed E-state index contributed by atoms with van der Waals surface area (Å²) in [5.41, 5.74) is 1.77. The molecule has 0 saturated heterocycles. The molecule has 0 bridgehead atoms. The van der Waals surface area contributed by atoms with Crippen molar-refractivity contribution in [3.63, 3.8) is 0 Å². The second kappa shape index (κ2) is 7.81. The number of H-pyrrole nitrogens is 1. The standard InChI is InChI=1S/C21H23F3N2O2/c1-3-13-4-7-18-15(9-13)10-17(20(28)26-18)19(27)25-11-14-5-6-16(8-12(14)2)21(22,23)24/h5-6,8,10,13H,3-4,7,9,11H2,1-2H3,(H,25,27)(H,26,28). The lowest BCUT2D eigenvalue weighted by atomic mass is 9.84. The first-order chi connectivity index (χ1) is 13.2. The number of amides is 1. The van der Waals surface area contributed by atoms with E-state index < -0.39 is 23.2 Å². The number of halogens is 3. The zero-order valence-corrected chi connectivity index (χ0v) is 15.9. The molecule has 1 atom stereocenters. The average molecular weight is 392 g/mol. The van der Waals surface area contributed by atoms with Crippen LogP contribution in [0.1, 0.15) is 58.1 Å². The third-order valence-corrected chi connectivity index (χ3v) is 5.46. The van der Waals surface area contributed by atoms with Gasteiger partial charge < -0.3 is 10.3 Å². The van der Waals surface area contributed by atoms with Gasteiger partial charge >= 0.3 is 6.18 Å². The summed E-state index contributed by atoms with van der Waals surface area (Å²) in [4.78, 5) is 27.6.